The number of carbonyl (C=O) groups excluding carboxylic acids is 3. The molecule has 0 bridgehead atoms. The Morgan fingerprint density at radius 2 is 1.68 bits per heavy atom. The van der Waals surface area contributed by atoms with Crippen molar-refractivity contribution in [1.29, 1.82) is 0 Å². The number of amides is 1. The Kier molecular flexibility index (Phi) is 7.14. The highest BCUT2D eigenvalue weighted by atomic mass is 16.5. The van der Waals surface area contributed by atoms with Gasteiger partial charge in [0.25, 0.3) is 0 Å². The van der Waals surface area contributed by atoms with Gasteiger partial charge in [0.1, 0.15) is 18.4 Å². The first-order valence-electron chi connectivity index (χ1n) is 6.63. The number of carbonyl (C=O) groups is 4. The van der Waals surface area contributed by atoms with Crippen LogP contribution in [0.25, 0.3) is 0 Å². The number of rotatable bonds is 9. The summed E-state index contributed by atoms with van der Waals surface area (Å²) in [5, 5.41) is 9.18. The van der Waals surface area contributed by atoms with Crippen LogP contribution in [0, 0.1) is 5.92 Å². The Bertz CT molecular complexity index is 443. The van der Waals surface area contributed by atoms with Crippen molar-refractivity contribution >= 4 is 23.6 Å². The second-order valence-corrected chi connectivity index (χ2v) is 6.15. The Hall–Kier alpha value is -2.00. The van der Waals surface area contributed by atoms with Gasteiger partial charge in [0, 0.05) is 0 Å². The highest BCUT2D eigenvalue weighted by Gasteiger charge is 2.39. The standard InChI is InChI=1S/C13H23N3O6/c1-7(17)11(12(19)20)9(6-16(2,3)4)22-13(21)8(14)5-10(15)18/h8-9,11H,5-6,14H2,1-4H3,(H2-,15,18,19,20)/p+1/t8-,9?,11?/m0/s1. The molecule has 0 saturated carbocycles. The molecule has 0 heterocycles. The second kappa shape index (κ2) is 7.85. The minimum Gasteiger partial charge on any atom is -0.481 e. The molecule has 0 aromatic heterocycles. The van der Waals surface area contributed by atoms with E-state index in [1.54, 1.807) is 21.1 Å². The highest BCUT2D eigenvalue weighted by Crippen LogP contribution is 2.15. The summed E-state index contributed by atoms with van der Waals surface area (Å²) < 4.78 is 5.35. The normalized spacial score (nSPS) is 15.5. The van der Waals surface area contributed by atoms with Crippen LogP contribution in [0.2, 0.25) is 0 Å². The van der Waals surface area contributed by atoms with Crippen LogP contribution in [0.4, 0.5) is 0 Å². The fraction of sp³-hybridized carbons (Fsp3) is 0.692. The van der Waals surface area contributed by atoms with Gasteiger partial charge < -0.3 is 25.8 Å². The molecule has 1 amide bonds. The Morgan fingerprint density at radius 3 is 2.00 bits per heavy atom. The van der Waals surface area contributed by atoms with Crippen LogP contribution in [0.15, 0.2) is 0 Å². The molecule has 0 aromatic carbocycles. The molecule has 0 fully saturated rings. The molecule has 9 heteroatoms. The van der Waals surface area contributed by atoms with Crippen molar-refractivity contribution in [3.63, 3.8) is 0 Å². The maximum atomic E-state index is 11.9. The molecule has 0 aliphatic carbocycles. The van der Waals surface area contributed by atoms with Crippen LogP contribution in [0.5, 0.6) is 0 Å². The van der Waals surface area contributed by atoms with Gasteiger partial charge in [-0.25, -0.2) is 0 Å². The van der Waals surface area contributed by atoms with Crippen LogP contribution in [-0.4, -0.2) is 73.1 Å². The molecular weight excluding hydrogens is 294 g/mol. The second-order valence-electron chi connectivity index (χ2n) is 6.15. The SMILES string of the molecule is CC(=O)C(C(=O)O)C(C[N+](C)(C)C)OC(=O)[C@@H](N)CC(N)=O. The molecule has 0 radical (unpaired) electrons. The largest absolute Gasteiger partial charge is 0.481 e. The van der Waals surface area contributed by atoms with Crippen LogP contribution in [-0.2, 0) is 23.9 Å². The lowest BCUT2D eigenvalue weighted by Gasteiger charge is -2.31. The first-order chi connectivity index (χ1) is 9.85. The summed E-state index contributed by atoms with van der Waals surface area (Å²) >= 11 is 0. The van der Waals surface area contributed by atoms with E-state index in [-0.39, 0.29) is 11.0 Å². The fourth-order valence-electron chi connectivity index (χ4n) is 1.88. The number of hydrogen-bond acceptors (Lipinski definition) is 6. The molecule has 0 rings (SSSR count). The average molecular weight is 318 g/mol. The third-order valence-corrected chi connectivity index (χ3v) is 2.79. The summed E-state index contributed by atoms with van der Waals surface area (Å²) in [6.07, 6.45) is -1.62. The van der Waals surface area contributed by atoms with Crippen molar-refractivity contribution in [1.82, 2.24) is 0 Å². The van der Waals surface area contributed by atoms with Crippen LogP contribution < -0.4 is 11.5 Å². The number of nitrogens with zero attached hydrogens (tertiary/aromatic N) is 1. The van der Waals surface area contributed by atoms with Crippen molar-refractivity contribution in [3.8, 4) is 0 Å². The third-order valence-electron chi connectivity index (χ3n) is 2.79. The van der Waals surface area contributed by atoms with Gasteiger partial charge in [0.15, 0.2) is 12.0 Å². The van der Waals surface area contributed by atoms with Gasteiger partial charge in [0.05, 0.1) is 27.6 Å². The monoisotopic (exact) mass is 318 g/mol. The number of Topliss-reactive ketones (excluding diaryl/α,β-unsaturated/α-hetero) is 1. The number of nitrogens with two attached hydrogens (primary N) is 2. The van der Waals surface area contributed by atoms with Crippen molar-refractivity contribution < 1.29 is 33.5 Å². The molecule has 0 aliphatic rings. The smallest absolute Gasteiger partial charge is 0.323 e. The van der Waals surface area contributed by atoms with E-state index in [4.69, 9.17) is 16.2 Å². The number of likely N-dealkylation sites (N-methyl/N-ethyl adjacent to an activating group) is 1. The number of carboxylic acid groups (broad SMARTS) is 1. The number of ketones is 1. The van der Waals surface area contributed by atoms with Gasteiger partial charge in [-0.2, -0.15) is 0 Å². The fourth-order valence-corrected chi connectivity index (χ4v) is 1.88. The average Bonchev–Trinajstić information content (AvgIpc) is 2.23. The molecule has 22 heavy (non-hydrogen) atoms. The third kappa shape index (κ3) is 7.14. The number of esters is 1. The van der Waals surface area contributed by atoms with E-state index < -0.39 is 48.1 Å². The maximum absolute atomic E-state index is 11.9. The number of ether oxygens (including phenoxy) is 1. The number of aliphatic carboxylic acids is 1. The van der Waals surface area contributed by atoms with Crippen LogP contribution >= 0.6 is 0 Å². The first-order valence-corrected chi connectivity index (χ1v) is 6.63. The van der Waals surface area contributed by atoms with Gasteiger partial charge in [-0.15, -0.1) is 0 Å². The van der Waals surface area contributed by atoms with Crippen molar-refractivity contribution in [2.75, 3.05) is 27.7 Å². The first kappa shape index (κ1) is 20.0. The zero-order valence-electron chi connectivity index (χ0n) is 13.2. The van der Waals surface area contributed by atoms with Crippen molar-refractivity contribution in [3.05, 3.63) is 0 Å². The minimum absolute atomic E-state index is 0.0889. The highest BCUT2D eigenvalue weighted by molar-refractivity contribution is 5.98. The molecule has 0 aliphatic heterocycles. The molecule has 9 nitrogen and oxygen atoms in total. The molecule has 5 N–H and O–H groups in total. The Balaban J connectivity index is 5.24. The van der Waals surface area contributed by atoms with Gasteiger partial charge >= 0.3 is 11.9 Å². The lowest BCUT2D eigenvalue weighted by atomic mass is 9.97. The Morgan fingerprint density at radius 1 is 1.18 bits per heavy atom. The summed E-state index contributed by atoms with van der Waals surface area (Å²) in [6, 6.07) is -1.30. The molecule has 3 atom stereocenters. The van der Waals surface area contributed by atoms with Gasteiger partial charge in [-0.05, 0) is 6.92 Å². The maximum Gasteiger partial charge on any atom is 0.323 e. The molecule has 0 saturated heterocycles. The van der Waals surface area contributed by atoms with E-state index in [0.717, 1.165) is 6.92 Å². The van der Waals surface area contributed by atoms with Gasteiger partial charge in [-0.3, -0.25) is 19.2 Å². The minimum atomic E-state index is -1.50. The van der Waals surface area contributed by atoms with E-state index in [1.807, 2.05) is 0 Å². The number of quaternary nitrogens is 1. The molecule has 126 valence electrons. The summed E-state index contributed by atoms with van der Waals surface area (Å²) in [5.41, 5.74) is 10.4. The lowest BCUT2D eigenvalue weighted by Crippen LogP contribution is -2.51. The van der Waals surface area contributed by atoms with E-state index in [2.05, 4.69) is 0 Å². The zero-order valence-corrected chi connectivity index (χ0v) is 13.2. The number of hydrogen-bond donors (Lipinski definition) is 3. The van der Waals surface area contributed by atoms with Crippen LogP contribution in [0.3, 0.4) is 0 Å². The number of primary amides is 1. The quantitative estimate of drug-likeness (QED) is 0.255. The molecule has 0 aromatic rings. The summed E-state index contributed by atoms with van der Waals surface area (Å²) in [5.74, 6) is -5.27. The van der Waals surface area contributed by atoms with Gasteiger partial charge in [-0.1, -0.05) is 0 Å². The van der Waals surface area contributed by atoms with Crippen molar-refractivity contribution in [2.45, 2.75) is 25.5 Å². The predicted molar refractivity (Wildman–Crippen MR) is 76.4 cm³/mol. The Labute approximate surface area is 128 Å². The summed E-state index contributed by atoms with van der Waals surface area (Å²) in [7, 11) is 5.26. The molecular formula is C13H24N3O6+. The van der Waals surface area contributed by atoms with E-state index >= 15 is 0 Å². The summed E-state index contributed by atoms with van der Waals surface area (Å²) in [4.78, 5) is 45.5. The topological polar surface area (TPSA) is 150 Å². The van der Waals surface area contributed by atoms with Crippen molar-refractivity contribution in [2.24, 2.45) is 17.4 Å². The van der Waals surface area contributed by atoms with E-state index in [1.165, 1.54) is 0 Å². The van der Waals surface area contributed by atoms with Gasteiger partial charge in [0.2, 0.25) is 5.91 Å². The molecule has 0 spiro atoms. The van der Waals surface area contributed by atoms with E-state index in [0.29, 0.717) is 0 Å². The summed E-state index contributed by atoms with van der Waals surface area (Å²) in [6.45, 7) is 1.20. The predicted octanol–water partition coefficient (Wildman–Crippen LogP) is -1.90. The zero-order chi connectivity index (χ0) is 17.7. The van der Waals surface area contributed by atoms with Crippen LogP contribution in [0.1, 0.15) is 13.3 Å². The lowest BCUT2D eigenvalue weighted by molar-refractivity contribution is -0.873. The number of carboxylic acids is 1. The van der Waals surface area contributed by atoms with E-state index in [9.17, 15) is 24.3 Å². The molecule has 2 unspecified atom stereocenters.